The number of fused-ring (bicyclic) bond motifs is 1. The zero-order chi connectivity index (χ0) is 16.7. The van der Waals surface area contributed by atoms with E-state index in [1.165, 1.54) is 0 Å². The van der Waals surface area contributed by atoms with Gasteiger partial charge in [-0.3, -0.25) is 4.98 Å². The maximum absolute atomic E-state index is 9.82. The van der Waals surface area contributed by atoms with Crippen LogP contribution in [0.15, 0.2) is 42.1 Å². The van der Waals surface area contributed by atoms with E-state index in [1.807, 2.05) is 64.2 Å². The highest BCUT2D eigenvalue weighted by molar-refractivity contribution is 6.55. The normalized spacial score (nSPS) is 20.2. The minimum Gasteiger partial charge on any atom is -0.400 e. The van der Waals surface area contributed by atoms with Crippen LogP contribution < -0.4 is 0 Å². The van der Waals surface area contributed by atoms with Crippen LogP contribution in [-0.4, -0.2) is 35.0 Å². The van der Waals surface area contributed by atoms with E-state index in [-0.39, 0.29) is 6.61 Å². The molecule has 1 fully saturated rings. The van der Waals surface area contributed by atoms with Crippen molar-refractivity contribution in [3.63, 3.8) is 0 Å². The predicted molar refractivity (Wildman–Crippen MR) is 92.9 cm³/mol. The van der Waals surface area contributed by atoms with Crippen LogP contribution in [-0.2, 0) is 9.31 Å². The largest absolute Gasteiger partial charge is 0.492 e. The molecule has 1 aromatic carbocycles. The van der Waals surface area contributed by atoms with Gasteiger partial charge in [-0.25, -0.2) is 0 Å². The Bertz CT molecular complexity index is 734. The fourth-order valence-corrected chi connectivity index (χ4v) is 2.66. The van der Waals surface area contributed by atoms with Gasteiger partial charge in [-0.15, -0.1) is 0 Å². The molecule has 4 nitrogen and oxygen atoms in total. The first-order valence-electron chi connectivity index (χ1n) is 7.84. The number of aromatic nitrogens is 1. The molecule has 0 aliphatic carbocycles. The lowest BCUT2D eigenvalue weighted by Gasteiger charge is -2.32. The van der Waals surface area contributed by atoms with E-state index in [0.717, 1.165) is 16.3 Å². The summed E-state index contributed by atoms with van der Waals surface area (Å²) in [5, 5.41) is 12.0. The number of aliphatic hydroxyl groups is 1. The molecule has 120 valence electrons. The number of nitrogens with zero attached hydrogens (tertiary/aromatic N) is 1. The molecule has 23 heavy (non-hydrogen) atoms. The Hall–Kier alpha value is -1.69. The first-order chi connectivity index (χ1) is 10.8. The predicted octanol–water partition coefficient (Wildman–Crippen LogP) is 3.24. The number of aliphatic hydroxyl groups excluding tert-OH is 1. The third-order valence-corrected chi connectivity index (χ3v) is 4.79. The molecule has 0 spiro atoms. The van der Waals surface area contributed by atoms with Crippen LogP contribution >= 0.6 is 0 Å². The van der Waals surface area contributed by atoms with Gasteiger partial charge in [0.2, 0.25) is 0 Å². The second kappa shape index (κ2) is 5.75. The Labute approximate surface area is 137 Å². The standard InChI is InChI=1S/C18H22BNO3/c1-17(2)18(3,4)23-19(22-17)15(12-21)10-13-6-5-7-14-11-20-9-8-16(13)14/h5-11,21H,12H2,1-4H3. The van der Waals surface area contributed by atoms with Crippen LogP contribution in [0.5, 0.6) is 0 Å². The third-order valence-electron chi connectivity index (χ3n) is 4.79. The van der Waals surface area contributed by atoms with Crippen molar-refractivity contribution in [2.45, 2.75) is 38.9 Å². The van der Waals surface area contributed by atoms with E-state index >= 15 is 0 Å². The number of hydrogen-bond acceptors (Lipinski definition) is 4. The zero-order valence-corrected chi connectivity index (χ0v) is 14.0. The van der Waals surface area contributed by atoms with E-state index < -0.39 is 18.3 Å². The average Bonchev–Trinajstić information content (AvgIpc) is 2.73. The van der Waals surface area contributed by atoms with Gasteiger partial charge in [0, 0.05) is 17.8 Å². The molecule has 1 saturated heterocycles. The van der Waals surface area contributed by atoms with Crippen LogP contribution in [0.25, 0.3) is 16.8 Å². The second-order valence-corrected chi connectivity index (χ2v) is 6.91. The summed E-state index contributed by atoms with van der Waals surface area (Å²) in [4.78, 5) is 4.15. The maximum Gasteiger partial charge on any atom is 0.492 e. The summed E-state index contributed by atoms with van der Waals surface area (Å²) < 4.78 is 12.1. The van der Waals surface area contributed by atoms with E-state index in [1.54, 1.807) is 6.20 Å². The molecule has 2 aromatic rings. The summed E-state index contributed by atoms with van der Waals surface area (Å²) in [5.74, 6) is 0. The van der Waals surface area contributed by atoms with Gasteiger partial charge in [0.25, 0.3) is 0 Å². The minimum atomic E-state index is -0.540. The van der Waals surface area contributed by atoms with Gasteiger partial charge in [-0.1, -0.05) is 24.3 Å². The van der Waals surface area contributed by atoms with Crippen molar-refractivity contribution in [3.8, 4) is 0 Å². The van der Waals surface area contributed by atoms with Gasteiger partial charge < -0.3 is 14.4 Å². The van der Waals surface area contributed by atoms with Crippen molar-refractivity contribution in [1.82, 2.24) is 4.98 Å². The molecule has 0 unspecified atom stereocenters. The van der Waals surface area contributed by atoms with Gasteiger partial charge in [0.05, 0.1) is 17.8 Å². The summed E-state index contributed by atoms with van der Waals surface area (Å²) in [7, 11) is -0.540. The Morgan fingerprint density at radius 3 is 2.52 bits per heavy atom. The van der Waals surface area contributed by atoms with Gasteiger partial charge in [0.15, 0.2) is 0 Å². The molecule has 0 bridgehead atoms. The molecule has 1 N–H and O–H groups in total. The topological polar surface area (TPSA) is 51.6 Å². The Balaban J connectivity index is 1.99. The Kier molecular flexibility index (Phi) is 4.04. The average molecular weight is 311 g/mol. The first kappa shape index (κ1) is 16.2. The molecular formula is C18H22BNO3. The summed E-state index contributed by atoms with van der Waals surface area (Å²) in [6.45, 7) is 7.91. The van der Waals surface area contributed by atoms with Crippen LogP contribution in [0.3, 0.4) is 0 Å². The van der Waals surface area contributed by atoms with Crippen LogP contribution in [0.4, 0.5) is 0 Å². The van der Waals surface area contributed by atoms with E-state index in [0.29, 0.717) is 5.47 Å². The molecule has 0 atom stereocenters. The lowest BCUT2D eigenvalue weighted by atomic mass is 9.77. The number of hydrogen-bond donors (Lipinski definition) is 1. The molecule has 1 aliphatic heterocycles. The summed E-state index contributed by atoms with van der Waals surface area (Å²) in [5.41, 5.74) is 0.889. The monoisotopic (exact) mass is 311 g/mol. The van der Waals surface area contributed by atoms with Crippen LogP contribution in [0.2, 0.25) is 0 Å². The number of benzene rings is 1. The third kappa shape index (κ3) is 2.92. The molecule has 1 aromatic heterocycles. The zero-order valence-electron chi connectivity index (χ0n) is 14.0. The van der Waals surface area contributed by atoms with Crippen molar-refractivity contribution in [2.24, 2.45) is 0 Å². The molecule has 1 aliphatic rings. The van der Waals surface area contributed by atoms with E-state index in [2.05, 4.69) is 4.98 Å². The minimum absolute atomic E-state index is 0.113. The van der Waals surface area contributed by atoms with E-state index in [9.17, 15) is 5.11 Å². The van der Waals surface area contributed by atoms with Crippen molar-refractivity contribution in [1.29, 1.82) is 0 Å². The quantitative estimate of drug-likeness (QED) is 0.884. The maximum atomic E-state index is 9.82. The highest BCUT2D eigenvalue weighted by Crippen LogP contribution is 2.38. The molecule has 0 saturated carbocycles. The smallest absolute Gasteiger partial charge is 0.400 e. The van der Waals surface area contributed by atoms with Crippen LogP contribution in [0, 0.1) is 0 Å². The number of rotatable bonds is 3. The highest BCUT2D eigenvalue weighted by atomic mass is 16.7. The first-order valence-corrected chi connectivity index (χ1v) is 7.84. The van der Waals surface area contributed by atoms with Crippen molar-refractivity contribution >= 4 is 24.0 Å². The molecule has 3 rings (SSSR count). The van der Waals surface area contributed by atoms with Gasteiger partial charge in [0.1, 0.15) is 0 Å². The second-order valence-electron chi connectivity index (χ2n) is 6.91. The van der Waals surface area contributed by atoms with Gasteiger partial charge >= 0.3 is 7.12 Å². The SMILES string of the molecule is CC1(C)OB(C(=Cc2cccc3cnccc23)CO)OC1(C)C. The Morgan fingerprint density at radius 2 is 1.87 bits per heavy atom. The molecule has 2 heterocycles. The number of pyridine rings is 1. The Morgan fingerprint density at radius 1 is 1.17 bits per heavy atom. The van der Waals surface area contributed by atoms with E-state index in [4.69, 9.17) is 9.31 Å². The summed E-state index contributed by atoms with van der Waals surface area (Å²) in [6, 6.07) is 7.99. The van der Waals surface area contributed by atoms with Gasteiger partial charge in [-0.2, -0.15) is 0 Å². The molecule has 5 heteroatoms. The lowest BCUT2D eigenvalue weighted by molar-refractivity contribution is 0.00578. The molecular weight excluding hydrogens is 289 g/mol. The lowest BCUT2D eigenvalue weighted by Crippen LogP contribution is -2.41. The van der Waals surface area contributed by atoms with Gasteiger partial charge in [-0.05, 0) is 50.2 Å². The molecule has 0 radical (unpaired) electrons. The van der Waals surface area contributed by atoms with Crippen molar-refractivity contribution < 1.29 is 14.4 Å². The fraction of sp³-hybridized carbons (Fsp3) is 0.389. The summed E-state index contributed by atoms with van der Waals surface area (Å²) in [6.07, 6.45) is 5.55. The van der Waals surface area contributed by atoms with Crippen molar-refractivity contribution in [2.75, 3.05) is 6.61 Å². The van der Waals surface area contributed by atoms with Crippen LogP contribution in [0.1, 0.15) is 33.3 Å². The fourth-order valence-electron chi connectivity index (χ4n) is 2.66. The van der Waals surface area contributed by atoms with Crippen molar-refractivity contribution in [3.05, 3.63) is 47.7 Å². The highest BCUT2D eigenvalue weighted by Gasteiger charge is 2.52. The molecule has 0 amide bonds. The summed E-state index contributed by atoms with van der Waals surface area (Å²) >= 11 is 0.